The van der Waals surface area contributed by atoms with Crippen molar-refractivity contribution >= 4 is 0 Å². The van der Waals surface area contributed by atoms with Crippen LogP contribution in [0, 0.1) is 0 Å². The number of rotatable bonds is 1. The Morgan fingerprint density at radius 1 is 1.40 bits per heavy atom. The van der Waals surface area contributed by atoms with Gasteiger partial charge in [-0.3, -0.25) is 0 Å². The molecule has 1 rings (SSSR count). The van der Waals surface area contributed by atoms with Gasteiger partial charge in [-0.15, -0.1) is 0 Å². The Bertz CT molecular complexity index is 194. The summed E-state index contributed by atoms with van der Waals surface area (Å²) < 4.78 is 0. The summed E-state index contributed by atoms with van der Waals surface area (Å²) in [6, 6.07) is 0. The summed E-state index contributed by atoms with van der Waals surface area (Å²) in [5.74, 6) is 0. The first-order valence-corrected chi connectivity index (χ1v) is 3.80. The molecular weight excluding hydrogens is 120 g/mol. The number of allylic oxidation sites excluding steroid dienone is 4. The Labute approximate surface area is 63.3 Å². The molecule has 0 aromatic heterocycles. The summed E-state index contributed by atoms with van der Waals surface area (Å²) in [7, 11) is 0. The third-order valence-corrected chi connectivity index (χ3v) is 1.09. The molecule has 0 saturated carbocycles. The molecule has 0 unspecified atom stereocenters. The fourth-order valence-electron chi connectivity index (χ4n) is 0.595. The Kier molecular flexibility index (Phi) is 5.57. The lowest BCUT2D eigenvalue weighted by Gasteiger charge is -1.88. The van der Waals surface area contributed by atoms with E-state index >= 15 is 0 Å². The summed E-state index contributed by atoms with van der Waals surface area (Å²) >= 11 is 0. The summed E-state index contributed by atoms with van der Waals surface area (Å²) in [5, 5.41) is 0. The first-order valence-electron chi connectivity index (χ1n) is 3.80. The zero-order valence-corrected chi connectivity index (χ0v) is 6.94. The van der Waals surface area contributed by atoms with Crippen LogP contribution in [-0.4, -0.2) is 0 Å². The number of hydrogen-bond acceptors (Lipinski definition) is 0. The van der Waals surface area contributed by atoms with E-state index in [9.17, 15) is 0 Å². The van der Waals surface area contributed by atoms with Crippen LogP contribution in [0.1, 0.15) is 27.2 Å². The van der Waals surface area contributed by atoms with Crippen LogP contribution in [0.3, 0.4) is 0 Å². The third kappa shape index (κ3) is 3.14. The van der Waals surface area contributed by atoms with Gasteiger partial charge < -0.3 is 0 Å². The van der Waals surface area contributed by atoms with Crippen LogP contribution in [0.4, 0.5) is 0 Å². The van der Waals surface area contributed by atoms with E-state index in [1.54, 1.807) is 0 Å². The highest BCUT2D eigenvalue weighted by Gasteiger charge is 1.83. The maximum absolute atomic E-state index is 2.99. The highest BCUT2D eigenvalue weighted by Crippen LogP contribution is 2.01. The van der Waals surface area contributed by atoms with Gasteiger partial charge >= 0.3 is 0 Å². The zero-order chi connectivity index (χ0) is 7.82. The molecule has 0 N–H and O–H groups in total. The maximum atomic E-state index is 2.99. The Morgan fingerprint density at radius 3 is 2.40 bits per heavy atom. The summed E-state index contributed by atoms with van der Waals surface area (Å²) in [6.07, 6.45) is 6.95. The van der Waals surface area contributed by atoms with E-state index in [1.165, 1.54) is 5.57 Å². The van der Waals surface area contributed by atoms with E-state index in [0.29, 0.717) is 0 Å². The maximum Gasteiger partial charge on any atom is 0.00213 e. The van der Waals surface area contributed by atoms with Crippen molar-refractivity contribution < 1.29 is 0 Å². The highest BCUT2D eigenvalue weighted by atomic mass is 13.9. The minimum absolute atomic E-state index is 1.05. The molecule has 0 fully saturated rings. The molecule has 0 atom stereocenters. The standard InChI is InChI=1S/C8H8.C2H6/c1-2-8-6-4-3-5-7-8;1-2/h3-4,6H,2H2,1H3;1-2H3. The lowest BCUT2D eigenvalue weighted by Crippen LogP contribution is -1.70. The van der Waals surface area contributed by atoms with Crippen LogP contribution < -0.4 is 0 Å². The molecule has 0 aromatic rings. The summed E-state index contributed by atoms with van der Waals surface area (Å²) in [6.45, 7) is 6.11. The quantitative estimate of drug-likeness (QED) is 0.483. The first kappa shape index (κ1) is 9.04. The molecule has 0 heterocycles. The van der Waals surface area contributed by atoms with Gasteiger partial charge in [0.1, 0.15) is 0 Å². The van der Waals surface area contributed by atoms with Gasteiger partial charge in [0.2, 0.25) is 0 Å². The molecule has 0 nitrogen and oxygen atoms in total. The molecule has 0 saturated heterocycles. The van der Waals surface area contributed by atoms with Gasteiger partial charge in [-0.1, -0.05) is 44.4 Å². The van der Waals surface area contributed by atoms with Crippen molar-refractivity contribution in [2.45, 2.75) is 27.2 Å². The summed E-state index contributed by atoms with van der Waals surface area (Å²) in [5.41, 5.74) is 7.11. The fourth-order valence-corrected chi connectivity index (χ4v) is 0.595. The van der Waals surface area contributed by atoms with Crippen LogP contribution in [0.15, 0.2) is 35.3 Å². The predicted molar refractivity (Wildman–Crippen MR) is 45.9 cm³/mol. The second-order valence-electron chi connectivity index (χ2n) is 1.67. The van der Waals surface area contributed by atoms with E-state index in [-0.39, 0.29) is 0 Å². The van der Waals surface area contributed by atoms with E-state index < -0.39 is 0 Å². The van der Waals surface area contributed by atoms with Gasteiger partial charge in [0.25, 0.3) is 0 Å². The first-order chi connectivity index (χ1) is 4.93. The molecule has 1 aliphatic carbocycles. The van der Waals surface area contributed by atoms with Crippen LogP contribution >= 0.6 is 0 Å². The Morgan fingerprint density at radius 2 is 2.10 bits per heavy atom. The van der Waals surface area contributed by atoms with Gasteiger partial charge in [0.05, 0.1) is 0 Å². The highest BCUT2D eigenvalue weighted by molar-refractivity contribution is 5.25. The molecule has 10 heavy (non-hydrogen) atoms. The Hall–Kier alpha value is -0.960. The fraction of sp³-hybridized carbons (Fsp3) is 0.400. The zero-order valence-electron chi connectivity index (χ0n) is 6.94. The predicted octanol–water partition coefficient (Wildman–Crippen LogP) is 3.23. The average molecular weight is 134 g/mol. The van der Waals surface area contributed by atoms with Crippen LogP contribution in [0.25, 0.3) is 0 Å². The minimum atomic E-state index is 1.05. The minimum Gasteiger partial charge on any atom is -0.0700 e. The largest absolute Gasteiger partial charge is 0.0700 e. The third-order valence-electron chi connectivity index (χ3n) is 1.09. The lowest BCUT2D eigenvalue weighted by molar-refractivity contribution is 1.15. The molecule has 0 aliphatic heterocycles. The van der Waals surface area contributed by atoms with Crippen molar-refractivity contribution in [3.05, 3.63) is 35.3 Å². The monoisotopic (exact) mass is 134 g/mol. The molecule has 1 aliphatic rings. The average Bonchev–Trinajstić information content (AvgIpc) is 2.10. The van der Waals surface area contributed by atoms with Crippen LogP contribution in [-0.2, 0) is 0 Å². The molecule has 54 valence electrons. The van der Waals surface area contributed by atoms with Crippen LogP contribution in [0.2, 0.25) is 0 Å². The number of hydrogen-bond donors (Lipinski definition) is 0. The van der Waals surface area contributed by atoms with Gasteiger partial charge in [-0.05, 0) is 12.5 Å². The topological polar surface area (TPSA) is 0 Å². The molecule has 0 heteroatoms. The Balaban J connectivity index is 0.000000371. The van der Waals surface area contributed by atoms with Crippen molar-refractivity contribution in [3.8, 4) is 0 Å². The lowest BCUT2D eigenvalue weighted by atomic mass is 10.2. The van der Waals surface area contributed by atoms with Crippen molar-refractivity contribution in [3.63, 3.8) is 0 Å². The van der Waals surface area contributed by atoms with E-state index in [1.807, 2.05) is 26.0 Å². The van der Waals surface area contributed by atoms with E-state index in [2.05, 4.69) is 24.5 Å². The van der Waals surface area contributed by atoms with Gasteiger partial charge in [-0.2, -0.15) is 0 Å². The van der Waals surface area contributed by atoms with Crippen molar-refractivity contribution in [1.82, 2.24) is 0 Å². The molecule has 0 aromatic carbocycles. The van der Waals surface area contributed by atoms with Crippen molar-refractivity contribution in [1.29, 1.82) is 0 Å². The molecule has 0 bridgehead atoms. The van der Waals surface area contributed by atoms with Gasteiger partial charge in [0.15, 0.2) is 0 Å². The van der Waals surface area contributed by atoms with Crippen molar-refractivity contribution in [2.75, 3.05) is 0 Å². The van der Waals surface area contributed by atoms with Crippen molar-refractivity contribution in [2.24, 2.45) is 0 Å². The normalized spacial score (nSPS) is 12.1. The molecule has 0 amide bonds. The smallest absolute Gasteiger partial charge is 0.00213 e. The van der Waals surface area contributed by atoms with E-state index in [0.717, 1.165) is 6.42 Å². The van der Waals surface area contributed by atoms with Gasteiger partial charge in [0, 0.05) is 5.57 Å². The SMILES string of the molecule is CC.CCC1=C=C=CC=C1. The van der Waals surface area contributed by atoms with E-state index in [4.69, 9.17) is 0 Å². The second kappa shape index (κ2) is 6.16. The molecular formula is C10H14. The van der Waals surface area contributed by atoms with Gasteiger partial charge in [-0.25, -0.2) is 0 Å². The second-order valence-corrected chi connectivity index (χ2v) is 1.67. The molecule has 0 spiro atoms. The summed E-state index contributed by atoms with van der Waals surface area (Å²) in [4.78, 5) is 0. The molecule has 0 radical (unpaired) electrons. The van der Waals surface area contributed by atoms with Crippen LogP contribution in [0.5, 0.6) is 0 Å².